The lowest BCUT2D eigenvalue weighted by Gasteiger charge is -2.29. The van der Waals surface area contributed by atoms with Crippen LogP contribution in [0.1, 0.15) is 44.2 Å². The molecule has 3 atom stereocenters. The predicted molar refractivity (Wildman–Crippen MR) is 128 cm³/mol. The molecule has 2 aromatic rings. The van der Waals surface area contributed by atoms with E-state index in [9.17, 15) is 19.5 Å². The third-order valence-electron chi connectivity index (χ3n) is 7.17. The van der Waals surface area contributed by atoms with E-state index in [4.69, 9.17) is 4.74 Å². The number of carbonyl (C=O) groups is 3. The fourth-order valence-corrected chi connectivity index (χ4v) is 5.23. The highest BCUT2D eigenvalue weighted by atomic mass is 16.5. The van der Waals surface area contributed by atoms with Crippen LogP contribution in [-0.4, -0.2) is 53.7 Å². The Morgan fingerprint density at radius 1 is 1.06 bits per heavy atom. The molecule has 1 aliphatic carbocycles. The number of likely N-dealkylation sites (tertiary alicyclic amines) is 1. The Balaban J connectivity index is 1.38. The van der Waals surface area contributed by atoms with Crippen LogP contribution in [0.4, 0.5) is 4.79 Å². The van der Waals surface area contributed by atoms with Gasteiger partial charge < -0.3 is 20.1 Å². The molecule has 0 radical (unpaired) electrons. The number of hydrogen-bond acceptors (Lipinski definition) is 4. The zero-order valence-electron chi connectivity index (χ0n) is 19.9. The normalized spacial score (nSPS) is 20.1. The van der Waals surface area contributed by atoms with E-state index in [1.165, 1.54) is 4.90 Å². The minimum Gasteiger partial charge on any atom is -0.480 e. The van der Waals surface area contributed by atoms with Gasteiger partial charge in [-0.2, -0.15) is 0 Å². The minimum atomic E-state index is -0.981. The van der Waals surface area contributed by atoms with Crippen LogP contribution in [-0.2, 0) is 14.3 Å². The molecule has 4 rings (SSSR count). The molecule has 0 saturated carbocycles. The number of carboxylic acid groups (broad SMARTS) is 1. The quantitative estimate of drug-likeness (QED) is 0.643. The van der Waals surface area contributed by atoms with Gasteiger partial charge in [0.1, 0.15) is 12.6 Å². The minimum absolute atomic E-state index is 0.0388. The molecular formula is C27H32N2O5. The molecule has 2 amide bonds. The van der Waals surface area contributed by atoms with E-state index in [1.54, 1.807) is 0 Å². The average Bonchev–Trinajstić information content (AvgIpc) is 3.35. The fourth-order valence-electron chi connectivity index (χ4n) is 5.23. The van der Waals surface area contributed by atoms with E-state index in [0.717, 1.165) is 22.3 Å². The van der Waals surface area contributed by atoms with Gasteiger partial charge >= 0.3 is 12.1 Å². The molecule has 2 aromatic carbocycles. The zero-order chi connectivity index (χ0) is 24.4. The molecule has 7 heteroatoms. The largest absolute Gasteiger partial charge is 0.480 e. The number of rotatable bonds is 7. The molecule has 0 bridgehead atoms. The first kappa shape index (κ1) is 23.8. The number of carboxylic acids is 1. The molecule has 0 spiro atoms. The van der Waals surface area contributed by atoms with Gasteiger partial charge in [0, 0.05) is 19.0 Å². The van der Waals surface area contributed by atoms with Crippen LogP contribution in [0.25, 0.3) is 11.1 Å². The number of nitrogens with one attached hydrogen (secondary N) is 1. The number of benzene rings is 2. The van der Waals surface area contributed by atoms with E-state index in [1.807, 2.05) is 45.0 Å². The summed E-state index contributed by atoms with van der Waals surface area (Å²) in [5.74, 6) is -1.93. The summed E-state index contributed by atoms with van der Waals surface area (Å²) < 4.78 is 5.58. The molecule has 1 fully saturated rings. The van der Waals surface area contributed by atoms with E-state index >= 15 is 0 Å². The summed E-state index contributed by atoms with van der Waals surface area (Å²) in [6.45, 7) is 6.38. The Kier molecular flexibility index (Phi) is 6.91. The summed E-state index contributed by atoms with van der Waals surface area (Å²) in [6, 6.07) is 15.4. The lowest BCUT2D eigenvalue weighted by molar-refractivity contribution is -0.151. The smallest absolute Gasteiger partial charge is 0.407 e. The van der Waals surface area contributed by atoms with Crippen LogP contribution in [0.3, 0.4) is 0 Å². The van der Waals surface area contributed by atoms with Gasteiger partial charge in [-0.3, -0.25) is 4.79 Å². The molecule has 1 saturated heterocycles. The van der Waals surface area contributed by atoms with Crippen molar-refractivity contribution in [3.05, 3.63) is 59.7 Å². The first-order valence-electron chi connectivity index (χ1n) is 11.9. The molecule has 1 heterocycles. The number of amides is 2. The van der Waals surface area contributed by atoms with Crippen LogP contribution in [0.5, 0.6) is 0 Å². The summed E-state index contributed by atoms with van der Waals surface area (Å²) in [7, 11) is 0. The maximum atomic E-state index is 13.2. The van der Waals surface area contributed by atoms with Crippen LogP contribution in [0.2, 0.25) is 0 Å². The van der Waals surface area contributed by atoms with Crippen molar-refractivity contribution in [3.63, 3.8) is 0 Å². The van der Waals surface area contributed by atoms with Gasteiger partial charge in [-0.25, -0.2) is 9.59 Å². The maximum Gasteiger partial charge on any atom is 0.407 e. The van der Waals surface area contributed by atoms with Crippen LogP contribution in [0, 0.1) is 17.8 Å². The molecular weight excluding hydrogens is 432 g/mol. The molecule has 2 N–H and O–H groups in total. The second-order valence-electron chi connectivity index (χ2n) is 9.64. The summed E-state index contributed by atoms with van der Waals surface area (Å²) in [4.78, 5) is 38.9. The Bertz CT molecular complexity index is 1040. The highest BCUT2D eigenvalue weighted by Gasteiger charge is 2.42. The van der Waals surface area contributed by atoms with E-state index in [-0.39, 0.29) is 36.8 Å². The maximum absolute atomic E-state index is 13.2. The number of ether oxygens (including phenoxy) is 1. The van der Waals surface area contributed by atoms with Gasteiger partial charge in [0.15, 0.2) is 0 Å². The standard InChI is InChI=1S/C27H32N2O5/c1-16(2)22(25(30)29-13-12-17(3)24(29)26(31)32)14-28-27(33)34-15-23-20-10-6-4-8-18(20)19-9-5-7-11-21(19)23/h4-11,16-17,22-24H,12-15H2,1-3H3,(H,28,33)(H,31,32). The van der Waals surface area contributed by atoms with E-state index in [0.29, 0.717) is 13.0 Å². The van der Waals surface area contributed by atoms with Gasteiger partial charge in [-0.05, 0) is 40.5 Å². The first-order chi connectivity index (χ1) is 16.3. The van der Waals surface area contributed by atoms with Crippen molar-refractivity contribution in [2.24, 2.45) is 17.8 Å². The van der Waals surface area contributed by atoms with Gasteiger partial charge in [-0.1, -0.05) is 69.3 Å². The van der Waals surface area contributed by atoms with Crippen molar-refractivity contribution in [1.82, 2.24) is 10.2 Å². The van der Waals surface area contributed by atoms with Gasteiger partial charge in [0.2, 0.25) is 5.91 Å². The SMILES string of the molecule is CC(C)C(CNC(=O)OCC1c2ccccc2-c2ccccc21)C(=O)N1CCC(C)C1C(=O)O. The monoisotopic (exact) mass is 464 g/mol. The third kappa shape index (κ3) is 4.52. The molecule has 1 aliphatic heterocycles. The Hall–Kier alpha value is -3.35. The van der Waals surface area contributed by atoms with Crippen molar-refractivity contribution >= 4 is 18.0 Å². The fraction of sp³-hybridized carbons (Fsp3) is 0.444. The molecule has 2 aliphatic rings. The van der Waals surface area contributed by atoms with Crippen LogP contribution >= 0.6 is 0 Å². The summed E-state index contributed by atoms with van der Waals surface area (Å²) in [5.41, 5.74) is 4.58. The average molecular weight is 465 g/mol. The van der Waals surface area contributed by atoms with Gasteiger partial charge in [0.25, 0.3) is 0 Å². The number of carbonyl (C=O) groups excluding carboxylic acids is 2. The third-order valence-corrected chi connectivity index (χ3v) is 7.17. The number of hydrogen-bond donors (Lipinski definition) is 2. The van der Waals surface area contributed by atoms with Gasteiger partial charge in [0.05, 0.1) is 5.92 Å². The second-order valence-corrected chi connectivity index (χ2v) is 9.64. The van der Waals surface area contributed by atoms with Crippen molar-refractivity contribution in [2.75, 3.05) is 19.7 Å². The summed E-state index contributed by atoms with van der Waals surface area (Å²) in [5, 5.41) is 12.3. The molecule has 34 heavy (non-hydrogen) atoms. The van der Waals surface area contributed by atoms with Crippen molar-refractivity contribution in [1.29, 1.82) is 0 Å². The second kappa shape index (κ2) is 9.87. The Morgan fingerprint density at radius 2 is 1.65 bits per heavy atom. The summed E-state index contributed by atoms with van der Waals surface area (Å²) in [6.07, 6.45) is 0.0812. The van der Waals surface area contributed by atoms with Crippen LogP contribution < -0.4 is 5.32 Å². The zero-order valence-corrected chi connectivity index (χ0v) is 19.9. The highest BCUT2D eigenvalue weighted by Crippen LogP contribution is 2.44. The first-order valence-corrected chi connectivity index (χ1v) is 11.9. The Labute approximate surface area is 200 Å². The lowest BCUT2D eigenvalue weighted by atomic mass is 9.93. The topological polar surface area (TPSA) is 95.9 Å². The predicted octanol–water partition coefficient (Wildman–Crippen LogP) is 4.12. The summed E-state index contributed by atoms with van der Waals surface area (Å²) >= 11 is 0. The molecule has 7 nitrogen and oxygen atoms in total. The number of aliphatic carboxylic acids is 1. The van der Waals surface area contributed by atoms with Gasteiger partial charge in [-0.15, -0.1) is 0 Å². The molecule has 180 valence electrons. The highest BCUT2D eigenvalue weighted by molar-refractivity contribution is 5.86. The van der Waals surface area contributed by atoms with Crippen molar-refractivity contribution in [3.8, 4) is 11.1 Å². The number of alkyl carbamates (subject to hydrolysis) is 1. The van der Waals surface area contributed by atoms with E-state index in [2.05, 4.69) is 29.6 Å². The van der Waals surface area contributed by atoms with Crippen molar-refractivity contribution in [2.45, 2.75) is 39.2 Å². The molecule has 0 aromatic heterocycles. The van der Waals surface area contributed by atoms with Crippen molar-refractivity contribution < 1.29 is 24.2 Å². The number of fused-ring (bicyclic) bond motifs is 3. The van der Waals surface area contributed by atoms with Crippen LogP contribution in [0.15, 0.2) is 48.5 Å². The Morgan fingerprint density at radius 3 is 2.21 bits per heavy atom. The molecule has 3 unspecified atom stereocenters. The van der Waals surface area contributed by atoms with E-state index < -0.39 is 24.0 Å². The number of nitrogens with zero attached hydrogens (tertiary/aromatic N) is 1. The lowest BCUT2D eigenvalue weighted by Crippen LogP contribution is -2.49.